The molecule has 0 heterocycles. The van der Waals surface area contributed by atoms with Gasteiger partial charge in [0.2, 0.25) is 5.91 Å². The van der Waals surface area contributed by atoms with Crippen LogP contribution >= 0.6 is 0 Å². The number of carboxylic acid groups (broad SMARTS) is 1. The molecular formula is C15H23NO3. The van der Waals surface area contributed by atoms with Gasteiger partial charge in [-0.3, -0.25) is 9.59 Å². The maximum Gasteiger partial charge on any atom is 0.307 e. The van der Waals surface area contributed by atoms with Gasteiger partial charge in [0, 0.05) is 6.54 Å². The SMILES string of the molecule is C=CCCCCCNC(=O)C1CC2CC2C1C(=O)O. The summed E-state index contributed by atoms with van der Waals surface area (Å²) in [5, 5.41) is 12.1. The molecule has 4 atom stereocenters. The van der Waals surface area contributed by atoms with E-state index in [2.05, 4.69) is 11.9 Å². The Labute approximate surface area is 114 Å². The number of carboxylic acids is 1. The third-order valence-electron chi connectivity index (χ3n) is 4.43. The molecule has 0 bridgehead atoms. The van der Waals surface area contributed by atoms with Crippen LogP contribution in [0.25, 0.3) is 0 Å². The van der Waals surface area contributed by atoms with E-state index in [1.54, 1.807) is 0 Å². The van der Waals surface area contributed by atoms with Crippen molar-refractivity contribution < 1.29 is 14.7 Å². The number of aliphatic carboxylic acids is 1. The van der Waals surface area contributed by atoms with Crippen molar-refractivity contribution in [3.63, 3.8) is 0 Å². The van der Waals surface area contributed by atoms with Gasteiger partial charge in [0.25, 0.3) is 0 Å². The van der Waals surface area contributed by atoms with E-state index in [0.29, 0.717) is 12.5 Å². The molecule has 106 valence electrons. The lowest BCUT2D eigenvalue weighted by atomic mass is 9.90. The normalized spacial score (nSPS) is 31.6. The van der Waals surface area contributed by atoms with Gasteiger partial charge >= 0.3 is 5.97 Å². The summed E-state index contributed by atoms with van der Waals surface area (Å²) in [6, 6.07) is 0. The fraction of sp³-hybridized carbons (Fsp3) is 0.733. The summed E-state index contributed by atoms with van der Waals surface area (Å²) in [5.74, 6) is -0.829. The number of amides is 1. The highest BCUT2D eigenvalue weighted by Gasteiger charge is 2.58. The minimum Gasteiger partial charge on any atom is -0.481 e. The van der Waals surface area contributed by atoms with Gasteiger partial charge in [-0.1, -0.05) is 12.5 Å². The Morgan fingerprint density at radius 1 is 1.26 bits per heavy atom. The molecule has 2 saturated carbocycles. The number of nitrogens with one attached hydrogen (secondary N) is 1. The van der Waals surface area contributed by atoms with Crippen LogP contribution in [0.1, 0.15) is 38.5 Å². The van der Waals surface area contributed by atoms with Crippen molar-refractivity contribution in [2.75, 3.05) is 6.54 Å². The Kier molecular flexibility index (Phi) is 4.61. The molecule has 1 amide bonds. The predicted octanol–water partition coefficient (Wildman–Crippen LogP) is 2.21. The molecule has 0 saturated heterocycles. The van der Waals surface area contributed by atoms with E-state index in [1.807, 2.05) is 6.08 Å². The maximum atomic E-state index is 12.0. The zero-order valence-corrected chi connectivity index (χ0v) is 11.3. The average molecular weight is 265 g/mol. The summed E-state index contributed by atoms with van der Waals surface area (Å²) in [5.41, 5.74) is 0. The van der Waals surface area contributed by atoms with Gasteiger partial charge in [0.15, 0.2) is 0 Å². The summed E-state index contributed by atoms with van der Waals surface area (Å²) < 4.78 is 0. The smallest absolute Gasteiger partial charge is 0.307 e. The minimum absolute atomic E-state index is 0.0525. The van der Waals surface area contributed by atoms with E-state index in [-0.39, 0.29) is 17.7 Å². The number of rotatable bonds is 8. The van der Waals surface area contributed by atoms with Crippen molar-refractivity contribution in [1.82, 2.24) is 5.32 Å². The number of carbonyl (C=O) groups is 2. The van der Waals surface area contributed by atoms with Crippen molar-refractivity contribution in [1.29, 1.82) is 0 Å². The molecule has 0 aromatic carbocycles. The van der Waals surface area contributed by atoms with Crippen LogP contribution in [0.5, 0.6) is 0 Å². The third-order valence-corrected chi connectivity index (χ3v) is 4.43. The molecule has 19 heavy (non-hydrogen) atoms. The minimum atomic E-state index is -0.795. The van der Waals surface area contributed by atoms with Gasteiger partial charge in [-0.05, 0) is 43.9 Å². The maximum absolute atomic E-state index is 12.0. The lowest BCUT2D eigenvalue weighted by molar-refractivity contribution is -0.147. The van der Waals surface area contributed by atoms with Crippen molar-refractivity contribution in [3.05, 3.63) is 12.7 Å². The first-order chi connectivity index (χ1) is 9.15. The molecule has 4 unspecified atom stereocenters. The van der Waals surface area contributed by atoms with Crippen LogP contribution in [0.4, 0.5) is 0 Å². The summed E-state index contributed by atoms with van der Waals surface area (Å²) >= 11 is 0. The van der Waals surface area contributed by atoms with E-state index in [4.69, 9.17) is 0 Å². The van der Waals surface area contributed by atoms with E-state index in [1.165, 1.54) is 0 Å². The second kappa shape index (κ2) is 6.22. The molecular weight excluding hydrogens is 242 g/mol. The second-order valence-electron chi connectivity index (χ2n) is 5.79. The third kappa shape index (κ3) is 3.37. The fourth-order valence-electron chi connectivity index (χ4n) is 3.31. The first kappa shape index (κ1) is 14.1. The predicted molar refractivity (Wildman–Crippen MR) is 72.5 cm³/mol. The number of carbonyl (C=O) groups excluding carboxylic acids is 1. The standard InChI is InChI=1S/C15H23NO3/c1-2-3-4-5-6-7-16-14(17)12-9-10-8-11(10)13(12)15(18)19/h2,10-13H,1,3-9H2,(H,16,17)(H,18,19). The molecule has 2 rings (SSSR count). The molecule has 0 aromatic rings. The Hall–Kier alpha value is -1.32. The molecule has 2 fully saturated rings. The highest BCUT2D eigenvalue weighted by Crippen LogP contribution is 2.58. The van der Waals surface area contributed by atoms with E-state index >= 15 is 0 Å². The summed E-state index contributed by atoms with van der Waals surface area (Å²) in [4.78, 5) is 23.2. The summed E-state index contributed by atoms with van der Waals surface area (Å²) in [7, 11) is 0. The largest absolute Gasteiger partial charge is 0.481 e. The first-order valence-corrected chi connectivity index (χ1v) is 7.26. The quantitative estimate of drug-likeness (QED) is 0.522. The van der Waals surface area contributed by atoms with Gasteiger partial charge in [-0.2, -0.15) is 0 Å². The van der Waals surface area contributed by atoms with Crippen molar-refractivity contribution in [2.45, 2.75) is 38.5 Å². The number of allylic oxidation sites excluding steroid dienone is 1. The molecule has 0 spiro atoms. The van der Waals surface area contributed by atoms with E-state index in [9.17, 15) is 14.7 Å². The molecule has 0 radical (unpaired) electrons. The molecule has 4 nitrogen and oxygen atoms in total. The fourth-order valence-corrected chi connectivity index (χ4v) is 3.31. The molecule has 4 heteroatoms. The highest BCUT2D eigenvalue weighted by molar-refractivity contribution is 5.86. The molecule has 2 N–H and O–H groups in total. The first-order valence-electron chi connectivity index (χ1n) is 7.26. The van der Waals surface area contributed by atoms with Crippen molar-refractivity contribution in [3.8, 4) is 0 Å². The van der Waals surface area contributed by atoms with E-state index in [0.717, 1.165) is 38.5 Å². The summed E-state index contributed by atoms with van der Waals surface area (Å²) in [6.45, 7) is 4.33. The van der Waals surface area contributed by atoms with Crippen LogP contribution in [0.3, 0.4) is 0 Å². The number of hydrogen-bond donors (Lipinski definition) is 2. The topological polar surface area (TPSA) is 66.4 Å². The zero-order chi connectivity index (χ0) is 13.8. The van der Waals surface area contributed by atoms with Crippen LogP contribution in [-0.4, -0.2) is 23.5 Å². The monoisotopic (exact) mass is 265 g/mol. The molecule has 0 aromatic heterocycles. The van der Waals surface area contributed by atoms with Crippen molar-refractivity contribution in [2.24, 2.45) is 23.7 Å². The van der Waals surface area contributed by atoms with Crippen LogP contribution in [0.15, 0.2) is 12.7 Å². The lowest BCUT2D eigenvalue weighted by Gasteiger charge is -2.18. The zero-order valence-electron chi connectivity index (χ0n) is 11.3. The van der Waals surface area contributed by atoms with Gasteiger partial charge in [0.05, 0.1) is 11.8 Å². The Morgan fingerprint density at radius 3 is 2.74 bits per heavy atom. The van der Waals surface area contributed by atoms with Crippen molar-refractivity contribution >= 4 is 11.9 Å². The Morgan fingerprint density at radius 2 is 2.05 bits per heavy atom. The van der Waals surface area contributed by atoms with Crippen LogP contribution in [0, 0.1) is 23.7 Å². The van der Waals surface area contributed by atoms with Crippen LogP contribution < -0.4 is 5.32 Å². The van der Waals surface area contributed by atoms with Gasteiger partial charge in [-0.15, -0.1) is 6.58 Å². The number of fused-ring (bicyclic) bond motifs is 1. The van der Waals surface area contributed by atoms with Gasteiger partial charge in [0.1, 0.15) is 0 Å². The number of hydrogen-bond acceptors (Lipinski definition) is 2. The van der Waals surface area contributed by atoms with Crippen LogP contribution in [-0.2, 0) is 9.59 Å². The number of unbranched alkanes of at least 4 members (excludes halogenated alkanes) is 3. The Balaban J connectivity index is 1.68. The Bertz CT molecular complexity index is 366. The molecule has 2 aliphatic carbocycles. The summed E-state index contributed by atoms with van der Waals surface area (Å²) in [6.07, 6.45) is 7.82. The lowest BCUT2D eigenvalue weighted by Crippen LogP contribution is -2.37. The molecule has 2 aliphatic rings. The van der Waals surface area contributed by atoms with Gasteiger partial charge in [-0.25, -0.2) is 0 Å². The van der Waals surface area contributed by atoms with Crippen LogP contribution in [0.2, 0.25) is 0 Å². The highest BCUT2D eigenvalue weighted by atomic mass is 16.4. The van der Waals surface area contributed by atoms with Gasteiger partial charge < -0.3 is 10.4 Å². The average Bonchev–Trinajstić information content (AvgIpc) is 3.03. The second-order valence-corrected chi connectivity index (χ2v) is 5.79. The van der Waals surface area contributed by atoms with E-state index < -0.39 is 11.9 Å². The molecule has 0 aliphatic heterocycles.